The first-order valence-electron chi connectivity index (χ1n) is 9.62. The highest BCUT2D eigenvalue weighted by atomic mass is 35.5. The summed E-state index contributed by atoms with van der Waals surface area (Å²) in [6.45, 7) is 3.70. The van der Waals surface area contributed by atoms with Gasteiger partial charge in [0.25, 0.3) is 0 Å². The number of carbonyl (C=O) groups is 1. The predicted molar refractivity (Wildman–Crippen MR) is 114 cm³/mol. The summed E-state index contributed by atoms with van der Waals surface area (Å²) in [4.78, 5) is 27.2. The van der Waals surface area contributed by atoms with Crippen molar-refractivity contribution in [3.63, 3.8) is 0 Å². The van der Waals surface area contributed by atoms with Gasteiger partial charge in [0.2, 0.25) is 11.9 Å². The molecule has 2 aromatic heterocycles. The summed E-state index contributed by atoms with van der Waals surface area (Å²) in [6.07, 6.45) is 4.39. The molecule has 0 spiro atoms. The maximum Gasteiger partial charge on any atom is 0.226 e. The molecule has 0 aliphatic carbocycles. The van der Waals surface area contributed by atoms with E-state index in [2.05, 4.69) is 14.9 Å². The molecule has 29 heavy (non-hydrogen) atoms. The zero-order chi connectivity index (χ0) is 20.6. The molecule has 2 aliphatic heterocycles. The zero-order valence-electron chi connectivity index (χ0n) is 16.1. The molecule has 1 atom stereocenters. The topological polar surface area (TPSA) is 83.5 Å². The SMILES string of the molecule is Cc1cnc(N2CCN(C(=O)C3CCS(=O)(=O)CC3)C(c3ccc(Cl)s3)C2)nc1. The van der Waals surface area contributed by atoms with E-state index in [1.807, 2.05) is 24.0 Å². The summed E-state index contributed by atoms with van der Waals surface area (Å²) < 4.78 is 24.2. The molecule has 10 heteroatoms. The van der Waals surface area contributed by atoms with Gasteiger partial charge in [-0.3, -0.25) is 4.79 Å². The van der Waals surface area contributed by atoms with E-state index in [9.17, 15) is 13.2 Å². The molecule has 1 unspecified atom stereocenters. The van der Waals surface area contributed by atoms with Crippen LogP contribution in [0.3, 0.4) is 0 Å². The fraction of sp³-hybridized carbons (Fsp3) is 0.526. The zero-order valence-corrected chi connectivity index (χ0v) is 18.5. The van der Waals surface area contributed by atoms with Crippen molar-refractivity contribution in [3.05, 3.63) is 39.3 Å². The number of sulfone groups is 1. The fourth-order valence-corrected chi connectivity index (χ4v) is 6.56. The Morgan fingerprint density at radius 1 is 1.17 bits per heavy atom. The Morgan fingerprint density at radius 3 is 2.48 bits per heavy atom. The summed E-state index contributed by atoms with van der Waals surface area (Å²) in [5.41, 5.74) is 0.997. The molecule has 0 saturated carbocycles. The lowest BCUT2D eigenvalue weighted by molar-refractivity contribution is -0.138. The van der Waals surface area contributed by atoms with Crippen LogP contribution in [-0.2, 0) is 14.6 Å². The van der Waals surface area contributed by atoms with Gasteiger partial charge in [-0.25, -0.2) is 18.4 Å². The molecule has 0 aromatic carbocycles. The van der Waals surface area contributed by atoms with Gasteiger partial charge in [-0.15, -0.1) is 11.3 Å². The maximum absolute atomic E-state index is 13.3. The normalized spacial score (nSPS) is 22.6. The van der Waals surface area contributed by atoms with Gasteiger partial charge >= 0.3 is 0 Å². The van der Waals surface area contributed by atoms with Gasteiger partial charge in [0.05, 0.1) is 21.9 Å². The van der Waals surface area contributed by atoms with Crippen LogP contribution in [0.4, 0.5) is 5.95 Å². The van der Waals surface area contributed by atoms with Crippen LogP contribution < -0.4 is 4.90 Å². The average Bonchev–Trinajstić information content (AvgIpc) is 3.14. The van der Waals surface area contributed by atoms with E-state index in [0.29, 0.717) is 42.8 Å². The van der Waals surface area contributed by atoms with E-state index in [-0.39, 0.29) is 29.4 Å². The second-order valence-electron chi connectivity index (χ2n) is 7.62. The number of hydrogen-bond acceptors (Lipinski definition) is 7. The number of piperazine rings is 1. The molecular weight excluding hydrogens is 432 g/mol. The molecule has 0 N–H and O–H groups in total. The Morgan fingerprint density at radius 2 is 1.86 bits per heavy atom. The Labute approximate surface area is 179 Å². The number of thiophene rings is 1. The number of aryl methyl sites for hydroxylation is 1. The van der Waals surface area contributed by atoms with E-state index in [1.54, 1.807) is 12.4 Å². The maximum atomic E-state index is 13.3. The van der Waals surface area contributed by atoms with Crippen LogP contribution in [0.2, 0.25) is 4.34 Å². The number of amides is 1. The van der Waals surface area contributed by atoms with Gasteiger partial charge in [-0.1, -0.05) is 11.6 Å². The Hall–Kier alpha value is -1.71. The Bertz CT molecular complexity index is 979. The minimum atomic E-state index is -3.00. The molecule has 0 bridgehead atoms. The van der Waals surface area contributed by atoms with Crippen LogP contribution in [0.1, 0.15) is 29.3 Å². The van der Waals surface area contributed by atoms with Crippen molar-refractivity contribution in [2.75, 3.05) is 36.0 Å². The molecule has 0 radical (unpaired) electrons. The molecule has 7 nitrogen and oxygen atoms in total. The molecule has 4 rings (SSSR count). The first-order valence-corrected chi connectivity index (χ1v) is 12.6. The lowest BCUT2D eigenvalue weighted by Crippen LogP contribution is -2.53. The van der Waals surface area contributed by atoms with Crippen molar-refractivity contribution in [3.8, 4) is 0 Å². The largest absolute Gasteiger partial charge is 0.337 e. The molecule has 2 aromatic rings. The van der Waals surface area contributed by atoms with Crippen molar-refractivity contribution in [1.82, 2.24) is 14.9 Å². The van der Waals surface area contributed by atoms with Crippen LogP contribution in [0.25, 0.3) is 0 Å². The van der Waals surface area contributed by atoms with Crippen molar-refractivity contribution < 1.29 is 13.2 Å². The van der Waals surface area contributed by atoms with Gasteiger partial charge in [0.1, 0.15) is 9.84 Å². The molecule has 2 saturated heterocycles. The Balaban J connectivity index is 1.56. The number of nitrogens with zero attached hydrogens (tertiary/aromatic N) is 4. The minimum absolute atomic E-state index is 0.0406. The third-order valence-corrected chi connectivity index (χ3v) is 8.59. The molecular formula is C19H23ClN4O3S2. The van der Waals surface area contributed by atoms with Crippen molar-refractivity contribution in [1.29, 1.82) is 0 Å². The van der Waals surface area contributed by atoms with Crippen molar-refractivity contribution >= 4 is 44.6 Å². The number of rotatable bonds is 3. The number of hydrogen-bond donors (Lipinski definition) is 0. The second-order valence-corrected chi connectivity index (χ2v) is 11.7. The number of anilines is 1. The molecule has 2 fully saturated rings. The van der Waals surface area contributed by atoms with E-state index < -0.39 is 9.84 Å². The van der Waals surface area contributed by atoms with E-state index in [1.165, 1.54) is 11.3 Å². The lowest BCUT2D eigenvalue weighted by Gasteiger charge is -2.42. The van der Waals surface area contributed by atoms with E-state index >= 15 is 0 Å². The third-order valence-electron chi connectivity index (χ3n) is 5.54. The lowest BCUT2D eigenvalue weighted by atomic mass is 9.98. The second kappa shape index (κ2) is 8.20. The predicted octanol–water partition coefficient (Wildman–Crippen LogP) is 2.71. The highest BCUT2D eigenvalue weighted by Gasteiger charge is 2.38. The monoisotopic (exact) mass is 454 g/mol. The number of aromatic nitrogens is 2. The minimum Gasteiger partial charge on any atom is -0.337 e. The number of halogens is 1. The Kier molecular flexibility index (Phi) is 5.81. The summed E-state index contributed by atoms with van der Waals surface area (Å²) in [5, 5.41) is 0. The van der Waals surface area contributed by atoms with Crippen LogP contribution in [-0.4, -0.2) is 60.3 Å². The highest BCUT2D eigenvalue weighted by molar-refractivity contribution is 7.91. The quantitative estimate of drug-likeness (QED) is 0.709. The van der Waals surface area contributed by atoms with Crippen LogP contribution in [0.5, 0.6) is 0 Å². The molecule has 2 aliphatic rings. The summed E-state index contributed by atoms with van der Waals surface area (Å²) in [6, 6.07) is 3.65. The van der Waals surface area contributed by atoms with Crippen LogP contribution in [0, 0.1) is 12.8 Å². The molecule has 1 amide bonds. The van der Waals surface area contributed by atoms with Crippen LogP contribution in [0.15, 0.2) is 24.5 Å². The smallest absolute Gasteiger partial charge is 0.226 e. The van der Waals surface area contributed by atoms with Gasteiger partial charge in [-0.05, 0) is 37.5 Å². The molecule has 4 heterocycles. The van der Waals surface area contributed by atoms with Gasteiger partial charge in [-0.2, -0.15) is 0 Å². The molecule has 156 valence electrons. The first kappa shape index (κ1) is 20.6. The highest BCUT2D eigenvalue weighted by Crippen LogP contribution is 2.35. The fourth-order valence-electron chi connectivity index (χ4n) is 3.90. The third kappa shape index (κ3) is 4.57. The van der Waals surface area contributed by atoms with Crippen molar-refractivity contribution in [2.45, 2.75) is 25.8 Å². The van der Waals surface area contributed by atoms with Crippen molar-refractivity contribution in [2.24, 2.45) is 5.92 Å². The standard InChI is InChI=1S/C19H23ClN4O3S2/c1-13-10-21-19(22-11-13)23-6-7-24(15(12-23)16-2-3-17(20)28-16)18(25)14-4-8-29(26,27)9-5-14/h2-3,10-11,14-15H,4-9,12H2,1H3. The summed E-state index contributed by atoms with van der Waals surface area (Å²) in [7, 11) is -3.00. The summed E-state index contributed by atoms with van der Waals surface area (Å²) in [5.74, 6) is 0.642. The van der Waals surface area contributed by atoms with E-state index in [4.69, 9.17) is 11.6 Å². The van der Waals surface area contributed by atoms with Gasteiger partial charge in [0, 0.05) is 42.8 Å². The van der Waals surface area contributed by atoms with Crippen LogP contribution >= 0.6 is 22.9 Å². The van der Waals surface area contributed by atoms with E-state index in [0.717, 1.165) is 10.4 Å². The van der Waals surface area contributed by atoms with Gasteiger partial charge in [0.15, 0.2) is 0 Å². The average molecular weight is 455 g/mol. The summed E-state index contributed by atoms with van der Waals surface area (Å²) >= 11 is 7.64. The first-order chi connectivity index (χ1) is 13.8. The number of carbonyl (C=O) groups excluding carboxylic acids is 1. The van der Waals surface area contributed by atoms with Gasteiger partial charge < -0.3 is 9.80 Å².